The summed E-state index contributed by atoms with van der Waals surface area (Å²) in [4.78, 5) is 41.2. The Morgan fingerprint density at radius 1 is 1.30 bits per heavy atom. The molecule has 1 aliphatic carbocycles. The van der Waals surface area contributed by atoms with Crippen molar-refractivity contribution >= 4 is 23.4 Å². The van der Waals surface area contributed by atoms with Gasteiger partial charge in [0.2, 0.25) is 11.8 Å². The molecule has 8 nitrogen and oxygen atoms in total. The third-order valence-corrected chi connectivity index (χ3v) is 5.58. The minimum atomic E-state index is -1.98. The fraction of sp³-hybridized carbons (Fsp3) is 0.273. The summed E-state index contributed by atoms with van der Waals surface area (Å²) in [5, 5.41) is 9.94. The summed E-state index contributed by atoms with van der Waals surface area (Å²) in [5.41, 5.74) is 4.52. The predicted molar refractivity (Wildman–Crippen MR) is 104 cm³/mol. The first-order valence-electron chi connectivity index (χ1n) is 9.50. The van der Waals surface area contributed by atoms with E-state index in [0.717, 1.165) is 0 Å². The molecule has 2 heterocycles. The number of nitriles is 1. The molecule has 1 aromatic carbocycles. The van der Waals surface area contributed by atoms with Crippen LogP contribution in [0.2, 0.25) is 0 Å². The van der Waals surface area contributed by atoms with Crippen molar-refractivity contribution < 1.29 is 23.9 Å². The molecule has 4 rings (SSSR count). The van der Waals surface area contributed by atoms with E-state index in [1.807, 2.05) is 6.07 Å². The zero-order valence-corrected chi connectivity index (χ0v) is 16.5. The first kappa shape index (κ1) is 19.5. The second kappa shape index (κ2) is 6.88. The van der Waals surface area contributed by atoms with Crippen LogP contribution in [0.5, 0.6) is 0 Å². The van der Waals surface area contributed by atoms with Gasteiger partial charge in [-0.1, -0.05) is 30.3 Å². The Morgan fingerprint density at radius 2 is 2.00 bits per heavy atom. The van der Waals surface area contributed by atoms with Gasteiger partial charge in [-0.25, -0.2) is 4.79 Å². The van der Waals surface area contributed by atoms with Gasteiger partial charge in [-0.15, -0.1) is 0 Å². The molecule has 0 bridgehead atoms. The van der Waals surface area contributed by atoms with E-state index in [0.29, 0.717) is 5.56 Å². The fourth-order valence-electron chi connectivity index (χ4n) is 4.44. The Hall–Kier alpha value is -3.86. The van der Waals surface area contributed by atoms with Crippen molar-refractivity contribution in [3.63, 3.8) is 0 Å². The summed E-state index contributed by atoms with van der Waals surface area (Å²) < 4.78 is 10.8. The molecule has 0 saturated heterocycles. The zero-order chi connectivity index (χ0) is 21.6. The molecule has 30 heavy (non-hydrogen) atoms. The largest absolute Gasteiger partial charge is 0.463 e. The van der Waals surface area contributed by atoms with Crippen molar-refractivity contribution in [3.8, 4) is 6.07 Å². The molecule has 0 saturated carbocycles. The molecular weight excluding hydrogens is 386 g/mol. The van der Waals surface area contributed by atoms with Crippen LogP contribution >= 0.6 is 0 Å². The van der Waals surface area contributed by atoms with Crippen LogP contribution in [-0.4, -0.2) is 36.2 Å². The Labute approximate surface area is 172 Å². The Bertz CT molecular complexity index is 1120. The van der Waals surface area contributed by atoms with Crippen LogP contribution < -0.4 is 5.73 Å². The highest BCUT2D eigenvalue weighted by atomic mass is 16.5. The normalized spacial score (nSPS) is 23.2. The third kappa shape index (κ3) is 2.35. The minimum absolute atomic E-state index is 0.000848. The van der Waals surface area contributed by atoms with Gasteiger partial charge in [-0.3, -0.25) is 9.59 Å². The predicted octanol–water partition coefficient (Wildman–Crippen LogP) is 1.76. The molecule has 2 aliphatic heterocycles. The summed E-state index contributed by atoms with van der Waals surface area (Å²) in [6.07, 6.45) is 0.343. The number of allylic oxidation sites excluding steroid dienone is 1. The topological polar surface area (TPSA) is 123 Å². The fourth-order valence-corrected chi connectivity index (χ4v) is 4.44. The van der Waals surface area contributed by atoms with Gasteiger partial charge < -0.3 is 20.1 Å². The van der Waals surface area contributed by atoms with Crippen LogP contribution in [0.1, 0.15) is 25.3 Å². The molecular formula is C22H19N3O5. The van der Waals surface area contributed by atoms with Gasteiger partial charge in [-0.05, 0) is 12.5 Å². The molecule has 8 heteroatoms. The van der Waals surface area contributed by atoms with E-state index in [2.05, 4.69) is 0 Å². The van der Waals surface area contributed by atoms with Crippen molar-refractivity contribution in [1.82, 2.24) is 4.90 Å². The van der Waals surface area contributed by atoms with E-state index in [4.69, 9.17) is 15.2 Å². The van der Waals surface area contributed by atoms with Crippen LogP contribution in [0.4, 0.5) is 0 Å². The highest BCUT2D eigenvalue weighted by Crippen LogP contribution is 2.58. The van der Waals surface area contributed by atoms with E-state index in [9.17, 15) is 19.6 Å². The molecule has 2 N–H and O–H groups in total. The van der Waals surface area contributed by atoms with Crippen molar-refractivity contribution in [2.24, 2.45) is 11.1 Å². The lowest BCUT2D eigenvalue weighted by Crippen LogP contribution is -2.45. The van der Waals surface area contributed by atoms with Crippen LogP contribution in [-0.2, 0) is 23.9 Å². The van der Waals surface area contributed by atoms with Gasteiger partial charge in [0.05, 0.1) is 23.5 Å². The van der Waals surface area contributed by atoms with E-state index in [1.165, 1.54) is 11.9 Å². The number of ketones is 1. The quantitative estimate of drug-likeness (QED) is 0.760. The molecule has 1 amide bonds. The number of Topliss-reactive ketones (excluding diaryl/α,β-unsaturated/α-hetero) is 1. The van der Waals surface area contributed by atoms with Crippen LogP contribution in [0, 0.1) is 16.7 Å². The molecule has 0 aromatic heterocycles. The van der Waals surface area contributed by atoms with Gasteiger partial charge in [0, 0.05) is 19.9 Å². The Balaban J connectivity index is 2.15. The maximum atomic E-state index is 13.8. The Morgan fingerprint density at radius 3 is 2.63 bits per heavy atom. The monoisotopic (exact) mass is 405 g/mol. The number of nitrogens with two attached hydrogens (primary N) is 1. The van der Waals surface area contributed by atoms with Crippen LogP contribution in [0.3, 0.4) is 0 Å². The maximum Gasteiger partial charge on any atom is 0.337 e. The highest BCUT2D eigenvalue weighted by Gasteiger charge is 2.65. The SMILES string of the molecule is CCOC(=O)C1=C(c2ccccc2)N(C)C(=O)C12C(C#N)=C(N)OC1=C2C(=O)CC1. The van der Waals surface area contributed by atoms with Gasteiger partial charge >= 0.3 is 5.97 Å². The first-order chi connectivity index (χ1) is 14.4. The highest BCUT2D eigenvalue weighted by molar-refractivity contribution is 6.22. The maximum absolute atomic E-state index is 13.8. The third-order valence-electron chi connectivity index (χ3n) is 5.58. The minimum Gasteiger partial charge on any atom is -0.463 e. The average molecular weight is 405 g/mol. The number of carbonyl (C=O) groups is 3. The number of nitrogens with zero attached hydrogens (tertiary/aromatic N) is 2. The number of rotatable bonds is 3. The van der Waals surface area contributed by atoms with Crippen molar-refractivity contribution in [1.29, 1.82) is 5.26 Å². The number of carbonyl (C=O) groups excluding carboxylic acids is 3. The lowest BCUT2D eigenvalue weighted by atomic mass is 9.67. The number of hydrogen-bond donors (Lipinski definition) is 1. The molecule has 1 atom stereocenters. The van der Waals surface area contributed by atoms with Crippen molar-refractivity contribution in [2.75, 3.05) is 13.7 Å². The summed E-state index contributed by atoms with van der Waals surface area (Å²) in [5.74, 6) is -1.83. The van der Waals surface area contributed by atoms with E-state index < -0.39 is 17.3 Å². The Kier molecular flexibility index (Phi) is 4.46. The van der Waals surface area contributed by atoms with Gasteiger partial charge in [0.1, 0.15) is 17.4 Å². The summed E-state index contributed by atoms with van der Waals surface area (Å²) in [6.45, 7) is 1.69. The molecule has 152 valence electrons. The second-order valence-electron chi connectivity index (χ2n) is 7.10. The zero-order valence-electron chi connectivity index (χ0n) is 16.5. The van der Waals surface area contributed by atoms with E-state index >= 15 is 0 Å². The lowest BCUT2D eigenvalue weighted by molar-refractivity contribution is -0.141. The molecule has 0 fully saturated rings. The second-order valence-corrected chi connectivity index (χ2v) is 7.10. The van der Waals surface area contributed by atoms with Crippen LogP contribution in [0.15, 0.2) is 58.7 Å². The molecule has 1 unspecified atom stereocenters. The summed E-state index contributed by atoms with van der Waals surface area (Å²) in [6, 6.07) is 10.7. The summed E-state index contributed by atoms with van der Waals surface area (Å²) in [7, 11) is 1.50. The smallest absolute Gasteiger partial charge is 0.337 e. The van der Waals surface area contributed by atoms with Crippen LogP contribution in [0.25, 0.3) is 5.70 Å². The van der Waals surface area contributed by atoms with Gasteiger partial charge in [0.25, 0.3) is 0 Å². The summed E-state index contributed by atoms with van der Waals surface area (Å²) >= 11 is 0. The standard InChI is InChI=1S/C22H19N3O5/c1-3-29-20(27)17-18(12-7-5-4-6-8-12)25(2)21(28)22(17)13(11-23)19(24)30-15-10-9-14(26)16(15)22/h4-8H,3,9-10,24H2,1-2H3. The number of ether oxygens (including phenoxy) is 2. The number of fused-ring (bicyclic) bond motifs is 1. The number of esters is 1. The molecule has 0 radical (unpaired) electrons. The van der Waals surface area contributed by atoms with Crippen molar-refractivity contribution in [2.45, 2.75) is 19.8 Å². The lowest BCUT2D eigenvalue weighted by Gasteiger charge is -2.34. The van der Waals surface area contributed by atoms with Gasteiger partial charge in [0.15, 0.2) is 11.2 Å². The van der Waals surface area contributed by atoms with E-state index in [-0.39, 0.29) is 59.3 Å². The van der Waals surface area contributed by atoms with Crippen molar-refractivity contribution in [3.05, 3.63) is 64.3 Å². The molecule has 1 spiro atoms. The molecule has 1 aromatic rings. The van der Waals surface area contributed by atoms with E-state index in [1.54, 1.807) is 37.3 Å². The number of amides is 1. The first-order valence-corrected chi connectivity index (χ1v) is 9.50. The van der Waals surface area contributed by atoms with Gasteiger partial charge in [-0.2, -0.15) is 5.26 Å². The number of benzene rings is 1. The molecule has 3 aliphatic rings. The number of hydrogen-bond acceptors (Lipinski definition) is 7. The average Bonchev–Trinajstić information content (AvgIpc) is 3.20.